The van der Waals surface area contributed by atoms with Gasteiger partial charge in [-0.25, -0.2) is 0 Å². The summed E-state index contributed by atoms with van der Waals surface area (Å²) in [6.45, 7) is 9.72. The molecule has 0 saturated heterocycles. The van der Waals surface area contributed by atoms with Crippen molar-refractivity contribution >= 4 is 71.3 Å². The predicted molar refractivity (Wildman–Crippen MR) is 298 cm³/mol. The van der Waals surface area contributed by atoms with E-state index in [0.29, 0.717) is 5.92 Å². The summed E-state index contributed by atoms with van der Waals surface area (Å²) < 4.78 is 0. The summed E-state index contributed by atoms with van der Waals surface area (Å²) in [5, 5.41) is 10.1. The van der Waals surface area contributed by atoms with E-state index in [0.717, 1.165) is 19.3 Å². The fraction of sp³-hybridized carbons (Fsp3) is 0.176. The smallest absolute Gasteiger partial charge is 0.0563 e. The first-order valence-corrected chi connectivity index (χ1v) is 25.5. The van der Waals surface area contributed by atoms with Gasteiger partial charge < -0.3 is 9.80 Å². The zero-order chi connectivity index (χ0) is 46.9. The summed E-state index contributed by atoms with van der Waals surface area (Å²) >= 11 is 0. The molecule has 0 fully saturated rings. The summed E-state index contributed by atoms with van der Waals surface area (Å²) in [5.41, 5.74) is 17.8. The van der Waals surface area contributed by atoms with E-state index in [2.05, 4.69) is 250 Å². The van der Waals surface area contributed by atoms with Crippen LogP contribution in [0.25, 0.3) is 54.2 Å². The molecular weight excluding hydrogens is 845 g/mol. The Morgan fingerprint density at radius 2 is 0.986 bits per heavy atom. The maximum absolute atomic E-state index is 2.71. The van der Waals surface area contributed by atoms with Crippen molar-refractivity contribution in [2.75, 3.05) is 9.80 Å². The number of hydrogen-bond donors (Lipinski definition) is 0. The SMILES string of the molecule is CC1(C)C2=C(C=CC(N(C3=CCC4C=CC=CC4=C3)c3cc4c5ccccc5c(N(c5ccc6ccccc6c5)C5C=CC6=C(C5)C(C)(C)c5ccccc56)cc4c4ccccc34)C2)c2ccccc21. The van der Waals surface area contributed by atoms with Gasteiger partial charge in [0.25, 0.3) is 0 Å². The van der Waals surface area contributed by atoms with E-state index in [4.69, 9.17) is 0 Å². The van der Waals surface area contributed by atoms with E-state index < -0.39 is 0 Å². The molecule has 70 heavy (non-hydrogen) atoms. The molecule has 3 atom stereocenters. The normalized spacial score (nSPS) is 21.2. The zero-order valence-electron chi connectivity index (χ0n) is 40.5. The van der Waals surface area contributed by atoms with Crippen LogP contribution in [0.3, 0.4) is 0 Å². The minimum atomic E-state index is -0.0638. The number of hydrogen-bond acceptors (Lipinski definition) is 2. The molecule has 8 aromatic rings. The van der Waals surface area contributed by atoms with Gasteiger partial charge in [0.1, 0.15) is 0 Å². The number of fused-ring (bicyclic) bond motifs is 11. The molecule has 0 N–H and O–H groups in total. The molecule has 0 heterocycles. The van der Waals surface area contributed by atoms with Crippen LogP contribution in [-0.4, -0.2) is 12.1 Å². The van der Waals surface area contributed by atoms with Crippen molar-refractivity contribution in [3.8, 4) is 0 Å². The molecule has 0 saturated carbocycles. The van der Waals surface area contributed by atoms with Crippen molar-refractivity contribution in [3.05, 3.63) is 257 Å². The average Bonchev–Trinajstić information content (AvgIpc) is 3.77. The van der Waals surface area contributed by atoms with E-state index in [1.165, 1.54) is 116 Å². The number of rotatable bonds is 6. The lowest BCUT2D eigenvalue weighted by Crippen LogP contribution is -2.37. The highest BCUT2D eigenvalue weighted by Crippen LogP contribution is 2.54. The van der Waals surface area contributed by atoms with Crippen molar-refractivity contribution in [1.82, 2.24) is 0 Å². The molecule has 8 aromatic carbocycles. The highest BCUT2D eigenvalue weighted by molar-refractivity contribution is 6.24. The van der Waals surface area contributed by atoms with Crippen LogP contribution in [0, 0.1) is 5.92 Å². The van der Waals surface area contributed by atoms with Gasteiger partial charge in [-0.05, 0) is 132 Å². The molecule has 338 valence electrons. The van der Waals surface area contributed by atoms with E-state index in [1.54, 1.807) is 0 Å². The Morgan fingerprint density at radius 3 is 1.61 bits per heavy atom. The largest absolute Gasteiger partial charge is 0.334 e. The van der Waals surface area contributed by atoms with Crippen LogP contribution >= 0.6 is 0 Å². The Balaban J connectivity index is 0.973. The summed E-state index contributed by atoms with van der Waals surface area (Å²) in [6, 6.07) is 57.8. The van der Waals surface area contributed by atoms with Crippen molar-refractivity contribution in [2.24, 2.45) is 5.92 Å². The van der Waals surface area contributed by atoms with Crippen LogP contribution in [-0.2, 0) is 10.8 Å². The first kappa shape index (κ1) is 41.3. The topological polar surface area (TPSA) is 6.48 Å². The van der Waals surface area contributed by atoms with E-state index in [1.807, 2.05) is 0 Å². The van der Waals surface area contributed by atoms with Crippen LogP contribution < -0.4 is 9.80 Å². The number of allylic oxidation sites excluding steroid dienone is 11. The van der Waals surface area contributed by atoms with Crippen LogP contribution in [0.4, 0.5) is 17.1 Å². The van der Waals surface area contributed by atoms with E-state index in [9.17, 15) is 0 Å². The lowest BCUT2D eigenvalue weighted by Gasteiger charge is -2.40. The fourth-order valence-electron chi connectivity index (χ4n) is 13.6. The molecule has 2 heteroatoms. The quantitative estimate of drug-likeness (QED) is 0.153. The standard InChI is InChI=1S/C68H56N2/c1-67(2)61-27-15-13-23-53(61)55-35-33-49(39-63(55)67)69(47-31-29-43-17-5-7-19-45(43)37-47)65-41-59-52-22-10-12-26-58(52)66(42-60(59)51-21-9-11-25-57(51)65)70(48-32-30-44-18-6-8-20-46(44)38-48)50-34-36-56-54-24-14-16-28-62(54)68(3,4)64(56)40-50/h5-29,31-38,41-42,44,49-50H,30,39-40H2,1-4H3. The Bertz CT molecular complexity index is 3840. The van der Waals surface area contributed by atoms with Crippen molar-refractivity contribution < 1.29 is 0 Å². The van der Waals surface area contributed by atoms with Gasteiger partial charge in [0.2, 0.25) is 0 Å². The Labute approximate surface area is 412 Å². The molecule has 6 aliphatic carbocycles. The van der Waals surface area contributed by atoms with Crippen molar-refractivity contribution in [2.45, 2.75) is 69.9 Å². The first-order valence-electron chi connectivity index (χ1n) is 25.5. The lowest BCUT2D eigenvalue weighted by atomic mass is 9.77. The lowest BCUT2D eigenvalue weighted by molar-refractivity contribution is 0.581. The monoisotopic (exact) mass is 900 g/mol. The van der Waals surface area contributed by atoms with Gasteiger partial charge in [0.05, 0.1) is 23.5 Å². The van der Waals surface area contributed by atoms with E-state index in [-0.39, 0.29) is 22.9 Å². The van der Waals surface area contributed by atoms with Gasteiger partial charge in [-0.2, -0.15) is 0 Å². The summed E-state index contributed by atoms with van der Waals surface area (Å²) in [4.78, 5) is 5.38. The van der Waals surface area contributed by atoms with Gasteiger partial charge >= 0.3 is 0 Å². The predicted octanol–water partition coefficient (Wildman–Crippen LogP) is 17.3. The van der Waals surface area contributed by atoms with Gasteiger partial charge in [-0.3, -0.25) is 0 Å². The molecule has 0 aliphatic heterocycles. The molecule has 3 unspecified atom stereocenters. The van der Waals surface area contributed by atoms with Crippen LogP contribution in [0.1, 0.15) is 69.2 Å². The first-order chi connectivity index (χ1) is 34.2. The van der Waals surface area contributed by atoms with Crippen LogP contribution in [0.5, 0.6) is 0 Å². The number of anilines is 3. The van der Waals surface area contributed by atoms with Crippen molar-refractivity contribution in [3.63, 3.8) is 0 Å². The Morgan fingerprint density at radius 1 is 0.457 bits per heavy atom. The average molecular weight is 901 g/mol. The fourth-order valence-corrected chi connectivity index (χ4v) is 13.6. The molecule has 2 nitrogen and oxygen atoms in total. The maximum Gasteiger partial charge on any atom is 0.0563 e. The molecule has 0 bridgehead atoms. The second kappa shape index (κ2) is 15.4. The summed E-state index contributed by atoms with van der Waals surface area (Å²) in [6.07, 6.45) is 26.8. The van der Waals surface area contributed by atoms with Gasteiger partial charge in [-0.15, -0.1) is 0 Å². The van der Waals surface area contributed by atoms with Crippen LogP contribution in [0.2, 0.25) is 0 Å². The highest BCUT2D eigenvalue weighted by atomic mass is 15.2. The molecule has 0 radical (unpaired) electrons. The number of benzene rings is 8. The molecule has 0 aromatic heterocycles. The Kier molecular flexibility index (Phi) is 9.09. The highest BCUT2D eigenvalue weighted by Gasteiger charge is 2.42. The summed E-state index contributed by atoms with van der Waals surface area (Å²) in [5.74, 6) is 0.410. The minimum absolute atomic E-state index is 0.0554. The van der Waals surface area contributed by atoms with Crippen molar-refractivity contribution in [1.29, 1.82) is 0 Å². The third kappa shape index (κ3) is 6.11. The summed E-state index contributed by atoms with van der Waals surface area (Å²) in [7, 11) is 0. The molecular formula is C68H56N2. The second-order valence-corrected chi connectivity index (χ2v) is 21.5. The molecule has 0 amide bonds. The van der Waals surface area contributed by atoms with Gasteiger partial charge in [0, 0.05) is 38.9 Å². The third-order valence-corrected chi connectivity index (χ3v) is 17.1. The third-order valence-electron chi connectivity index (χ3n) is 17.1. The van der Waals surface area contributed by atoms with Gasteiger partial charge in [-0.1, -0.05) is 210 Å². The van der Waals surface area contributed by atoms with Gasteiger partial charge in [0.15, 0.2) is 0 Å². The zero-order valence-corrected chi connectivity index (χ0v) is 40.5. The second-order valence-electron chi connectivity index (χ2n) is 21.5. The minimum Gasteiger partial charge on any atom is -0.334 e. The van der Waals surface area contributed by atoms with E-state index >= 15 is 0 Å². The maximum atomic E-state index is 2.71. The molecule has 0 spiro atoms. The molecule has 6 aliphatic rings. The van der Waals surface area contributed by atoms with Crippen LogP contribution in [0.15, 0.2) is 235 Å². The Hall–Kier alpha value is -7.68. The number of nitrogens with zero attached hydrogens (tertiary/aromatic N) is 2. The molecule has 14 rings (SSSR count).